The maximum Gasteiger partial charge on any atom is 0.117 e. The fourth-order valence-electron chi connectivity index (χ4n) is 1.31. The van der Waals surface area contributed by atoms with Gasteiger partial charge in [0.1, 0.15) is 5.75 Å². The van der Waals surface area contributed by atoms with Crippen molar-refractivity contribution in [2.75, 3.05) is 0 Å². The van der Waals surface area contributed by atoms with E-state index in [2.05, 4.69) is 17.6 Å². The van der Waals surface area contributed by atoms with Crippen LogP contribution in [-0.4, -0.2) is 10.1 Å². The number of hydrogen-bond donors (Lipinski definition) is 3. The van der Waals surface area contributed by atoms with E-state index in [-0.39, 0.29) is 5.75 Å². The summed E-state index contributed by atoms with van der Waals surface area (Å²) in [7, 11) is 0. The van der Waals surface area contributed by atoms with Crippen LogP contribution >= 0.6 is 12.6 Å². The van der Waals surface area contributed by atoms with E-state index in [4.69, 9.17) is 0 Å². The SMILES string of the molecule is Oc1ccc2c(CS)c[nH]c2c1. The molecule has 0 atom stereocenters. The van der Waals surface area contributed by atoms with Gasteiger partial charge in [-0.15, -0.1) is 0 Å². The van der Waals surface area contributed by atoms with Gasteiger partial charge >= 0.3 is 0 Å². The lowest BCUT2D eigenvalue weighted by molar-refractivity contribution is 0.476. The highest BCUT2D eigenvalue weighted by Gasteiger charge is 2.01. The molecule has 2 rings (SSSR count). The predicted molar refractivity (Wildman–Crippen MR) is 52.7 cm³/mol. The molecular weight excluding hydrogens is 170 g/mol. The van der Waals surface area contributed by atoms with E-state index in [0.717, 1.165) is 16.5 Å². The molecule has 2 aromatic rings. The van der Waals surface area contributed by atoms with Crippen LogP contribution in [0.2, 0.25) is 0 Å². The Morgan fingerprint density at radius 3 is 3.00 bits per heavy atom. The van der Waals surface area contributed by atoms with Crippen LogP contribution in [0.4, 0.5) is 0 Å². The summed E-state index contributed by atoms with van der Waals surface area (Å²) < 4.78 is 0. The van der Waals surface area contributed by atoms with Crippen molar-refractivity contribution < 1.29 is 5.11 Å². The lowest BCUT2D eigenvalue weighted by Gasteiger charge is -1.93. The third-order valence-corrected chi connectivity index (χ3v) is 2.26. The Morgan fingerprint density at radius 1 is 1.42 bits per heavy atom. The normalized spacial score (nSPS) is 10.8. The Bertz CT molecular complexity index is 408. The average Bonchev–Trinajstić information content (AvgIpc) is 2.46. The van der Waals surface area contributed by atoms with Crippen LogP contribution in [0.5, 0.6) is 5.75 Å². The van der Waals surface area contributed by atoms with Crippen molar-refractivity contribution in [3.63, 3.8) is 0 Å². The molecule has 62 valence electrons. The summed E-state index contributed by atoms with van der Waals surface area (Å²) in [6.45, 7) is 0. The number of phenolic OH excluding ortho intramolecular Hbond substituents is 1. The molecule has 0 aliphatic rings. The molecule has 0 aliphatic carbocycles. The zero-order valence-electron chi connectivity index (χ0n) is 6.41. The summed E-state index contributed by atoms with van der Waals surface area (Å²) in [5.41, 5.74) is 2.12. The van der Waals surface area contributed by atoms with Gasteiger partial charge in [0.15, 0.2) is 0 Å². The molecular formula is C9H9NOS. The van der Waals surface area contributed by atoms with Crippen molar-refractivity contribution >= 4 is 23.5 Å². The molecule has 3 heteroatoms. The van der Waals surface area contributed by atoms with Crippen molar-refractivity contribution in [1.82, 2.24) is 4.98 Å². The zero-order valence-corrected chi connectivity index (χ0v) is 7.31. The van der Waals surface area contributed by atoms with Gasteiger partial charge in [0.2, 0.25) is 0 Å². The van der Waals surface area contributed by atoms with Crippen LogP contribution in [0, 0.1) is 0 Å². The molecule has 0 aliphatic heterocycles. The first-order valence-electron chi connectivity index (χ1n) is 3.71. The van der Waals surface area contributed by atoms with Crippen LogP contribution in [0.1, 0.15) is 5.56 Å². The van der Waals surface area contributed by atoms with Gasteiger partial charge in [-0.2, -0.15) is 12.6 Å². The lowest BCUT2D eigenvalue weighted by atomic mass is 10.2. The summed E-state index contributed by atoms with van der Waals surface area (Å²) in [6.07, 6.45) is 1.91. The number of benzene rings is 1. The Kier molecular flexibility index (Phi) is 1.73. The van der Waals surface area contributed by atoms with Crippen molar-refractivity contribution in [2.24, 2.45) is 0 Å². The van der Waals surface area contributed by atoms with Crippen LogP contribution in [0.15, 0.2) is 24.4 Å². The summed E-state index contributed by atoms with van der Waals surface area (Å²) in [5, 5.41) is 10.3. The van der Waals surface area contributed by atoms with Crippen LogP contribution < -0.4 is 0 Å². The minimum atomic E-state index is 0.287. The largest absolute Gasteiger partial charge is 0.508 e. The maximum atomic E-state index is 9.17. The predicted octanol–water partition coefficient (Wildman–Crippen LogP) is 2.30. The quantitative estimate of drug-likeness (QED) is 0.577. The molecule has 0 amide bonds. The molecule has 0 saturated heterocycles. The number of thiol groups is 1. The Labute approximate surface area is 75.6 Å². The highest BCUT2D eigenvalue weighted by atomic mass is 32.1. The van der Waals surface area contributed by atoms with Gasteiger partial charge in [0, 0.05) is 28.9 Å². The van der Waals surface area contributed by atoms with E-state index in [1.807, 2.05) is 12.3 Å². The number of phenols is 1. The Morgan fingerprint density at radius 2 is 2.25 bits per heavy atom. The number of aromatic amines is 1. The first-order chi connectivity index (χ1) is 5.81. The Hall–Kier alpha value is -1.09. The van der Waals surface area contributed by atoms with Crippen molar-refractivity contribution in [2.45, 2.75) is 5.75 Å². The highest BCUT2D eigenvalue weighted by Crippen LogP contribution is 2.23. The third-order valence-electron chi connectivity index (χ3n) is 1.92. The summed E-state index contributed by atoms with van der Waals surface area (Å²) in [4.78, 5) is 3.07. The summed E-state index contributed by atoms with van der Waals surface area (Å²) in [5.74, 6) is 1.00. The molecule has 12 heavy (non-hydrogen) atoms. The van der Waals surface area contributed by atoms with Gasteiger partial charge < -0.3 is 10.1 Å². The highest BCUT2D eigenvalue weighted by molar-refractivity contribution is 7.79. The van der Waals surface area contributed by atoms with Crippen molar-refractivity contribution in [3.05, 3.63) is 30.0 Å². The monoisotopic (exact) mass is 179 g/mol. The molecule has 0 saturated carbocycles. The van der Waals surface area contributed by atoms with Gasteiger partial charge in [-0.3, -0.25) is 0 Å². The topological polar surface area (TPSA) is 36.0 Å². The van der Waals surface area contributed by atoms with Gasteiger partial charge in [-0.05, 0) is 17.7 Å². The standard InChI is InChI=1S/C9H9NOS/c11-7-1-2-8-6(5-12)4-10-9(8)3-7/h1-4,10-12H,5H2. The van der Waals surface area contributed by atoms with Crippen molar-refractivity contribution in [1.29, 1.82) is 0 Å². The van der Waals surface area contributed by atoms with Crippen LogP contribution in [0.3, 0.4) is 0 Å². The van der Waals surface area contributed by atoms with E-state index in [1.54, 1.807) is 12.1 Å². The van der Waals surface area contributed by atoms with E-state index in [0.29, 0.717) is 5.75 Å². The van der Waals surface area contributed by atoms with Crippen molar-refractivity contribution in [3.8, 4) is 5.75 Å². The van der Waals surface area contributed by atoms with Crippen LogP contribution in [-0.2, 0) is 5.75 Å². The average molecular weight is 179 g/mol. The van der Waals surface area contributed by atoms with E-state index in [9.17, 15) is 5.11 Å². The number of aromatic nitrogens is 1. The maximum absolute atomic E-state index is 9.17. The van der Waals surface area contributed by atoms with Gasteiger partial charge in [0.05, 0.1) is 0 Å². The molecule has 0 spiro atoms. The summed E-state index contributed by atoms with van der Waals surface area (Å²) >= 11 is 4.20. The number of H-pyrrole nitrogens is 1. The minimum absolute atomic E-state index is 0.287. The molecule has 1 aromatic carbocycles. The second-order valence-electron chi connectivity index (χ2n) is 2.70. The second kappa shape index (κ2) is 2.75. The van der Waals surface area contributed by atoms with E-state index < -0.39 is 0 Å². The van der Waals surface area contributed by atoms with Crippen LogP contribution in [0.25, 0.3) is 10.9 Å². The molecule has 2 N–H and O–H groups in total. The minimum Gasteiger partial charge on any atom is -0.508 e. The molecule has 0 bridgehead atoms. The molecule has 2 nitrogen and oxygen atoms in total. The van der Waals surface area contributed by atoms with E-state index >= 15 is 0 Å². The number of aromatic hydroxyl groups is 1. The smallest absolute Gasteiger partial charge is 0.117 e. The number of hydrogen-bond acceptors (Lipinski definition) is 2. The Balaban J connectivity index is 2.73. The fourth-order valence-corrected chi connectivity index (χ4v) is 1.57. The number of rotatable bonds is 1. The molecule has 1 aromatic heterocycles. The third kappa shape index (κ3) is 1.06. The summed E-state index contributed by atoms with van der Waals surface area (Å²) in [6, 6.07) is 5.29. The van der Waals surface area contributed by atoms with Gasteiger partial charge in [0.25, 0.3) is 0 Å². The molecule has 0 unspecified atom stereocenters. The molecule has 1 heterocycles. The number of fused-ring (bicyclic) bond motifs is 1. The number of nitrogens with one attached hydrogen (secondary N) is 1. The van der Waals surface area contributed by atoms with Gasteiger partial charge in [-0.1, -0.05) is 0 Å². The second-order valence-corrected chi connectivity index (χ2v) is 3.02. The first kappa shape index (κ1) is 7.55. The lowest BCUT2D eigenvalue weighted by Crippen LogP contribution is -1.72. The fraction of sp³-hybridized carbons (Fsp3) is 0.111. The molecule has 0 radical (unpaired) electrons. The molecule has 0 fully saturated rings. The zero-order chi connectivity index (χ0) is 8.55. The van der Waals surface area contributed by atoms with Gasteiger partial charge in [-0.25, -0.2) is 0 Å². The van der Waals surface area contributed by atoms with E-state index in [1.165, 1.54) is 0 Å². The first-order valence-corrected chi connectivity index (χ1v) is 4.34.